The van der Waals surface area contributed by atoms with E-state index in [1.807, 2.05) is 0 Å². The van der Waals surface area contributed by atoms with Crippen LogP contribution in [-0.4, -0.2) is 44.7 Å². The van der Waals surface area contributed by atoms with E-state index in [0.717, 1.165) is 5.56 Å². The number of amides is 1. The summed E-state index contributed by atoms with van der Waals surface area (Å²) in [5.74, 6) is -0.461. The van der Waals surface area contributed by atoms with Crippen LogP contribution in [0.5, 0.6) is 0 Å². The van der Waals surface area contributed by atoms with Crippen molar-refractivity contribution in [2.45, 2.75) is 6.54 Å². The second-order valence-electron chi connectivity index (χ2n) is 4.41. The lowest BCUT2D eigenvalue weighted by Gasteiger charge is -2.16. The molecule has 0 fully saturated rings. The first kappa shape index (κ1) is 15.4. The lowest BCUT2D eigenvalue weighted by atomic mass is 10.2. The average Bonchev–Trinajstić information content (AvgIpc) is 2.27. The summed E-state index contributed by atoms with van der Waals surface area (Å²) < 4.78 is 18.0. The molecule has 3 N–H and O–H groups in total. The zero-order chi connectivity index (χ0) is 14.3. The molecule has 0 spiro atoms. The molecule has 0 radical (unpaired) electrons. The number of likely N-dealkylation sites (N-methyl/N-ethyl adjacent to an activating group) is 1. The topological polar surface area (TPSA) is 67.6 Å². The van der Waals surface area contributed by atoms with E-state index in [9.17, 15) is 9.18 Å². The molecule has 19 heavy (non-hydrogen) atoms. The maximum Gasteiger partial charge on any atom is 0.234 e. The van der Waals surface area contributed by atoms with Gasteiger partial charge in [0.25, 0.3) is 0 Å². The van der Waals surface area contributed by atoms with Gasteiger partial charge in [-0.25, -0.2) is 4.39 Å². The van der Waals surface area contributed by atoms with Crippen LogP contribution in [0.2, 0.25) is 0 Å². The van der Waals surface area contributed by atoms with Crippen molar-refractivity contribution >= 4 is 11.6 Å². The number of halogens is 1. The highest BCUT2D eigenvalue weighted by Crippen LogP contribution is 2.12. The summed E-state index contributed by atoms with van der Waals surface area (Å²) in [6, 6.07) is 4.37. The summed E-state index contributed by atoms with van der Waals surface area (Å²) in [4.78, 5) is 13.3. The molecule has 6 heteroatoms. The standard InChI is InChI=1S/C13H20FN3O2/c1-17(9-13(18)16-3-4-19-2)8-10-5-11(14)7-12(15)6-10/h5-7H,3-4,8-9,15H2,1-2H3,(H,16,18). The molecular weight excluding hydrogens is 249 g/mol. The number of anilines is 1. The maximum atomic E-state index is 13.2. The Morgan fingerprint density at radius 2 is 2.21 bits per heavy atom. The molecule has 0 aliphatic carbocycles. The van der Waals surface area contributed by atoms with Gasteiger partial charge in [0.1, 0.15) is 5.82 Å². The van der Waals surface area contributed by atoms with Crippen molar-refractivity contribution < 1.29 is 13.9 Å². The number of hydrogen-bond acceptors (Lipinski definition) is 4. The number of ether oxygens (including phenoxy) is 1. The maximum absolute atomic E-state index is 13.2. The van der Waals surface area contributed by atoms with Crippen molar-refractivity contribution in [3.05, 3.63) is 29.6 Å². The van der Waals surface area contributed by atoms with Gasteiger partial charge >= 0.3 is 0 Å². The van der Waals surface area contributed by atoms with E-state index in [1.165, 1.54) is 12.1 Å². The van der Waals surface area contributed by atoms with Gasteiger partial charge in [0.15, 0.2) is 0 Å². The molecule has 1 amide bonds. The van der Waals surface area contributed by atoms with Crippen LogP contribution in [0.3, 0.4) is 0 Å². The van der Waals surface area contributed by atoms with E-state index >= 15 is 0 Å². The molecular formula is C13H20FN3O2. The molecule has 0 heterocycles. The Labute approximate surface area is 112 Å². The lowest BCUT2D eigenvalue weighted by Crippen LogP contribution is -2.36. The highest BCUT2D eigenvalue weighted by Gasteiger charge is 2.07. The SMILES string of the molecule is COCCNC(=O)CN(C)Cc1cc(N)cc(F)c1. The van der Waals surface area contributed by atoms with Crippen molar-refractivity contribution in [1.29, 1.82) is 0 Å². The Bertz CT molecular complexity index is 406. The van der Waals surface area contributed by atoms with Gasteiger partial charge in [0.05, 0.1) is 13.2 Å². The fourth-order valence-corrected chi connectivity index (χ4v) is 1.73. The van der Waals surface area contributed by atoms with Gasteiger partial charge < -0.3 is 15.8 Å². The Morgan fingerprint density at radius 1 is 1.47 bits per heavy atom. The van der Waals surface area contributed by atoms with Crippen LogP contribution < -0.4 is 11.1 Å². The van der Waals surface area contributed by atoms with E-state index in [0.29, 0.717) is 25.4 Å². The smallest absolute Gasteiger partial charge is 0.234 e. The minimum atomic E-state index is -0.368. The predicted molar refractivity (Wildman–Crippen MR) is 72.0 cm³/mol. The van der Waals surface area contributed by atoms with Gasteiger partial charge in [-0.05, 0) is 30.8 Å². The van der Waals surface area contributed by atoms with Gasteiger partial charge in [-0.3, -0.25) is 9.69 Å². The molecule has 5 nitrogen and oxygen atoms in total. The van der Waals surface area contributed by atoms with Crippen molar-refractivity contribution in [3.63, 3.8) is 0 Å². The van der Waals surface area contributed by atoms with Crippen LogP contribution in [0, 0.1) is 5.82 Å². The molecule has 0 unspecified atom stereocenters. The van der Waals surface area contributed by atoms with Crippen LogP contribution in [0.4, 0.5) is 10.1 Å². The van der Waals surface area contributed by atoms with Gasteiger partial charge in [0, 0.05) is 25.9 Å². The van der Waals surface area contributed by atoms with Gasteiger partial charge in [-0.2, -0.15) is 0 Å². The van der Waals surface area contributed by atoms with Crippen molar-refractivity contribution in [2.75, 3.05) is 39.6 Å². The lowest BCUT2D eigenvalue weighted by molar-refractivity contribution is -0.122. The molecule has 0 saturated carbocycles. The minimum Gasteiger partial charge on any atom is -0.399 e. The Kier molecular flexibility index (Phi) is 6.24. The fraction of sp³-hybridized carbons (Fsp3) is 0.462. The van der Waals surface area contributed by atoms with Gasteiger partial charge in [-0.1, -0.05) is 0 Å². The Morgan fingerprint density at radius 3 is 2.84 bits per heavy atom. The van der Waals surface area contributed by atoms with Crippen LogP contribution >= 0.6 is 0 Å². The zero-order valence-electron chi connectivity index (χ0n) is 11.3. The highest BCUT2D eigenvalue weighted by molar-refractivity contribution is 5.77. The first-order valence-corrected chi connectivity index (χ1v) is 6.00. The molecule has 106 valence electrons. The number of carbonyl (C=O) groups excluding carboxylic acids is 1. The Hall–Kier alpha value is -1.66. The average molecular weight is 269 g/mol. The third kappa shape index (κ3) is 6.17. The quantitative estimate of drug-likeness (QED) is 0.562. The number of nitrogens with one attached hydrogen (secondary N) is 1. The summed E-state index contributed by atoms with van der Waals surface area (Å²) in [5.41, 5.74) is 6.69. The summed E-state index contributed by atoms with van der Waals surface area (Å²) in [6.45, 7) is 1.66. The minimum absolute atomic E-state index is 0.0936. The number of nitrogens with two attached hydrogens (primary N) is 1. The van der Waals surface area contributed by atoms with Crippen molar-refractivity contribution in [1.82, 2.24) is 10.2 Å². The first-order valence-electron chi connectivity index (χ1n) is 6.00. The van der Waals surface area contributed by atoms with E-state index in [1.54, 1.807) is 25.1 Å². The molecule has 0 bridgehead atoms. The van der Waals surface area contributed by atoms with Gasteiger partial charge in [-0.15, -0.1) is 0 Å². The fourth-order valence-electron chi connectivity index (χ4n) is 1.73. The van der Waals surface area contributed by atoms with Crippen LogP contribution in [0.1, 0.15) is 5.56 Å². The largest absolute Gasteiger partial charge is 0.399 e. The molecule has 1 aromatic carbocycles. The summed E-state index contributed by atoms with van der Waals surface area (Å²) >= 11 is 0. The zero-order valence-corrected chi connectivity index (χ0v) is 11.3. The molecule has 0 aliphatic rings. The van der Waals surface area contributed by atoms with E-state index in [2.05, 4.69) is 5.32 Å². The number of rotatable bonds is 7. The summed E-state index contributed by atoms with van der Waals surface area (Å²) in [5, 5.41) is 2.72. The third-order valence-electron chi connectivity index (χ3n) is 2.47. The molecule has 1 aromatic rings. The summed E-state index contributed by atoms with van der Waals surface area (Å²) in [6.07, 6.45) is 0. The molecule has 0 atom stereocenters. The summed E-state index contributed by atoms with van der Waals surface area (Å²) in [7, 11) is 3.36. The normalized spacial score (nSPS) is 10.7. The molecule has 1 rings (SSSR count). The van der Waals surface area contributed by atoms with Crippen LogP contribution in [0.25, 0.3) is 0 Å². The molecule has 0 aliphatic heterocycles. The number of nitrogens with zero attached hydrogens (tertiary/aromatic N) is 1. The number of nitrogen functional groups attached to an aromatic ring is 1. The third-order valence-corrected chi connectivity index (χ3v) is 2.47. The predicted octanol–water partition coefficient (Wildman–Crippen LogP) is 0.602. The van der Waals surface area contributed by atoms with E-state index in [-0.39, 0.29) is 18.3 Å². The van der Waals surface area contributed by atoms with Crippen LogP contribution in [-0.2, 0) is 16.1 Å². The molecule has 0 saturated heterocycles. The molecule has 0 aromatic heterocycles. The number of carbonyl (C=O) groups is 1. The van der Waals surface area contributed by atoms with E-state index in [4.69, 9.17) is 10.5 Å². The highest BCUT2D eigenvalue weighted by atomic mass is 19.1. The van der Waals surface area contributed by atoms with Crippen molar-refractivity contribution in [2.24, 2.45) is 0 Å². The van der Waals surface area contributed by atoms with Crippen LogP contribution in [0.15, 0.2) is 18.2 Å². The first-order chi connectivity index (χ1) is 9.01. The Balaban J connectivity index is 2.41. The number of benzene rings is 1. The van der Waals surface area contributed by atoms with E-state index < -0.39 is 0 Å². The number of methoxy groups -OCH3 is 1. The second kappa shape index (κ2) is 7.70. The monoisotopic (exact) mass is 269 g/mol. The second-order valence-corrected chi connectivity index (χ2v) is 4.41. The van der Waals surface area contributed by atoms with Gasteiger partial charge in [0.2, 0.25) is 5.91 Å². The number of hydrogen-bond donors (Lipinski definition) is 2. The van der Waals surface area contributed by atoms with Crippen molar-refractivity contribution in [3.8, 4) is 0 Å².